The maximum Gasteiger partial charge on any atom is 0.416 e. The van der Waals surface area contributed by atoms with Crippen LogP contribution in [0.4, 0.5) is 22.0 Å². The Bertz CT molecular complexity index is 895. The molecule has 0 aromatic heterocycles. The minimum atomic E-state index is -4.72. The van der Waals surface area contributed by atoms with Crippen molar-refractivity contribution in [2.24, 2.45) is 0 Å². The standard InChI is InChI=1S/C20H17F5O4/c21-19(22)29-17-10-13(20(23,24)25)4-7-16(17)28-14-5-6-15-11(8-14)2-1-3-12(15)9-18(26)27/h4-8,10,12,19H,1-3,9H2,(H,26,27)/t12-/m0/s1. The molecule has 0 radical (unpaired) electrons. The fourth-order valence-corrected chi connectivity index (χ4v) is 3.46. The molecule has 1 atom stereocenters. The average Bonchev–Trinajstić information content (AvgIpc) is 2.61. The molecular formula is C20H17F5O4. The van der Waals surface area contributed by atoms with Gasteiger partial charge in [-0.3, -0.25) is 4.79 Å². The van der Waals surface area contributed by atoms with E-state index in [1.165, 1.54) is 6.07 Å². The predicted octanol–water partition coefficient (Wildman–Crippen LogP) is 5.99. The second-order valence-electron chi connectivity index (χ2n) is 6.69. The first-order valence-electron chi connectivity index (χ1n) is 8.82. The number of carboxylic acid groups (broad SMARTS) is 1. The van der Waals surface area contributed by atoms with E-state index in [-0.39, 0.29) is 23.8 Å². The van der Waals surface area contributed by atoms with E-state index < -0.39 is 30.1 Å². The van der Waals surface area contributed by atoms with Crippen molar-refractivity contribution in [1.82, 2.24) is 0 Å². The second-order valence-corrected chi connectivity index (χ2v) is 6.69. The maximum absolute atomic E-state index is 12.9. The highest BCUT2D eigenvalue weighted by atomic mass is 19.4. The molecule has 0 saturated carbocycles. The van der Waals surface area contributed by atoms with Crippen LogP contribution in [-0.4, -0.2) is 17.7 Å². The molecule has 1 N–H and O–H groups in total. The molecule has 0 aliphatic heterocycles. The summed E-state index contributed by atoms with van der Waals surface area (Å²) in [6.45, 7) is -3.32. The predicted molar refractivity (Wildman–Crippen MR) is 92.5 cm³/mol. The van der Waals surface area contributed by atoms with Crippen LogP contribution in [-0.2, 0) is 17.4 Å². The van der Waals surface area contributed by atoms with Crippen LogP contribution < -0.4 is 9.47 Å². The zero-order chi connectivity index (χ0) is 21.2. The average molecular weight is 416 g/mol. The van der Waals surface area contributed by atoms with Gasteiger partial charge >= 0.3 is 18.8 Å². The molecule has 2 aromatic rings. The summed E-state index contributed by atoms with van der Waals surface area (Å²) < 4.78 is 73.5. The molecule has 0 heterocycles. The Morgan fingerprint density at radius 1 is 1.14 bits per heavy atom. The summed E-state index contributed by atoms with van der Waals surface area (Å²) in [5.41, 5.74) is 0.605. The van der Waals surface area contributed by atoms with Crippen LogP contribution in [0, 0.1) is 0 Å². The van der Waals surface area contributed by atoms with Gasteiger partial charge in [0, 0.05) is 0 Å². The van der Waals surface area contributed by atoms with Gasteiger partial charge in [-0.2, -0.15) is 22.0 Å². The van der Waals surface area contributed by atoms with Crippen LogP contribution >= 0.6 is 0 Å². The van der Waals surface area contributed by atoms with E-state index in [0.717, 1.165) is 36.1 Å². The van der Waals surface area contributed by atoms with Gasteiger partial charge in [0.15, 0.2) is 11.5 Å². The molecule has 156 valence electrons. The van der Waals surface area contributed by atoms with Gasteiger partial charge in [0.25, 0.3) is 0 Å². The number of ether oxygens (including phenoxy) is 2. The van der Waals surface area contributed by atoms with Crippen molar-refractivity contribution >= 4 is 5.97 Å². The van der Waals surface area contributed by atoms with Crippen LogP contribution in [0.5, 0.6) is 17.2 Å². The summed E-state index contributed by atoms with van der Waals surface area (Å²) >= 11 is 0. The lowest BCUT2D eigenvalue weighted by atomic mass is 9.81. The number of hydrogen-bond donors (Lipinski definition) is 1. The third kappa shape index (κ3) is 5.16. The molecule has 0 saturated heterocycles. The number of halogens is 5. The van der Waals surface area contributed by atoms with Gasteiger partial charge in [-0.05, 0) is 66.6 Å². The summed E-state index contributed by atoms with van der Waals surface area (Å²) in [5.74, 6) is -1.80. The number of aryl methyl sites for hydroxylation is 1. The topological polar surface area (TPSA) is 55.8 Å². The first-order chi connectivity index (χ1) is 13.6. The van der Waals surface area contributed by atoms with E-state index in [1.54, 1.807) is 12.1 Å². The molecule has 2 aromatic carbocycles. The Morgan fingerprint density at radius 3 is 2.55 bits per heavy atom. The molecule has 0 unspecified atom stereocenters. The van der Waals surface area contributed by atoms with Gasteiger partial charge in [0.1, 0.15) is 5.75 Å². The van der Waals surface area contributed by atoms with Gasteiger partial charge in [0.05, 0.1) is 12.0 Å². The molecule has 29 heavy (non-hydrogen) atoms. The number of benzene rings is 2. The van der Waals surface area contributed by atoms with Crippen molar-refractivity contribution in [3.8, 4) is 17.2 Å². The lowest BCUT2D eigenvalue weighted by molar-refractivity contribution is -0.138. The highest BCUT2D eigenvalue weighted by Crippen LogP contribution is 2.40. The number of carbonyl (C=O) groups is 1. The first kappa shape index (κ1) is 20.9. The number of hydrogen-bond acceptors (Lipinski definition) is 3. The van der Waals surface area contributed by atoms with E-state index in [9.17, 15) is 26.7 Å². The van der Waals surface area contributed by atoms with Crippen LogP contribution in [0.15, 0.2) is 36.4 Å². The Kier molecular flexibility index (Phi) is 5.95. The van der Waals surface area contributed by atoms with Crippen molar-refractivity contribution in [2.45, 2.75) is 44.4 Å². The third-order valence-electron chi connectivity index (χ3n) is 4.69. The molecule has 3 rings (SSSR count). The minimum absolute atomic E-state index is 0.00150. The summed E-state index contributed by atoms with van der Waals surface area (Å²) in [7, 11) is 0. The lowest BCUT2D eigenvalue weighted by Crippen LogP contribution is -2.13. The number of alkyl halides is 5. The number of carboxylic acids is 1. The largest absolute Gasteiger partial charge is 0.481 e. The highest BCUT2D eigenvalue weighted by molar-refractivity contribution is 5.68. The highest BCUT2D eigenvalue weighted by Gasteiger charge is 2.32. The Hall–Kier alpha value is -2.84. The van der Waals surface area contributed by atoms with E-state index >= 15 is 0 Å². The van der Waals surface area contributed by atoms with Gasteiger partial charge in [-0.15, -0.1) is 0 Å². The molecule has 1 aliphatic carbocycles. The zero-order valence-electron chi connectivity index (χ0n) is 15.0. The van der Waals surface area contributed by atoms with E-state index in [0.29, 0.717) is 12.5 Å². The fraction of sp³-hybridized carbons (Fsp3) is 0.350. The molecule has 0 amide bonds. The van der Waals surface area contributed by atoms with Gasteiger partial charge < -0.3 is 14.6 Å². The number of rotatable bonds is 6. The van der Waals surface area contributed by atoms with Crippen molar-refractivity contribution in [3.63, 3.8) is 0 Å². The zero-order valence-corrected chi connectivity index (χ0v) is 15.0. The van der Waals surface area contributed by atoms with Crippen LogP contribution in [0.3, 0.4) is 0 Å². The maximum atomic E-state index is 12.9. The van der Waals surface area contributed by atoms with Crippen LogP contribution in [0.1, 0.15) is 41.9 Å². The van der Waals surface area contributed by atoms with E-state index in [2.05, 4.69) is 4.74 Å². The summed E-state index contributed by atoms with van der Waals surface area (Å²) in [6, 6.07) is 6.98. The molecule has 0 bridgehead atoms. The van der Waals surface area contributed by atoms with Gasteiger partial charge in [-0.1, -0.05) is 6.07 Å². The first-order valence-corrected chi connectivity index (χ1v) is 8.82. The van der Waals surface area contributed by atoms with Gasteiger partial charge in [-0.25, -0.2) is 0 Å². The van der Waals surface area contributed by atoms with Gasteiger partial charge in [0.2, 0.25) is 0 Å². The van der Waals surface area contributed by atoms with Crippen LogP contribution in [0.2, 0.25) is 0 Å². The monoisotopic (exact) mass is 416 g/mol. The van der Waals surface area contributed by atoms with Crippen molar-refractivity contribution in [1.29, 1.82) is 0 Å². The third-order valence-corrected chi connectivity index (χ3v) is 4.69. The molecule has 4 nitrogen and oxygen atoms in total. The Balaban J connectivity index is 1.89. The molecular weight excluding hydrogens is 399 g/mol. The summed E-state index contributed by atoms with van der Waals surface area (Å²) in [4.78, 5) is 11.0. The van der Waals surface area contributed by atoms with E-state index in [1.807, 2.05) is 0 Å². The Morgan fingerprint density at radius 2 is 1.90 bits per heavy atom. The normalized spacial score (nSPS) is 16.4. The molecule has 0 fully saturated rings. The second kappa shape index (κ2) is 8.26. The van der Waals surface area contributed by atoms with Crippen molar-refractivity contribution in [2.75, 3.05) is 0 Å². The molecule has 9 heteroatoms. The SMILES string of the molecule is O=C(O)C[C@@H]1CCCc2cc(Oc3ccc(C(F)(F)F)cc3OC(F)F)ccc21. The lowest BCUT2D eigenvalue weighted by Gasteiger charge is -2.25. The quantitative estimate of drug-likeness (QED) is 0.588. The smallest absolute Gasteiger partial charge is 0.416 e. The fourth-order valence-electron chi connectivity index (χ4n) is 3.46. The molecule has 1 aliphatic rings. The number of fused-ring (bicyclic) bond motifs is 1. The van der Waals surface area contributed by atoms with E-state index in [4.69, 9.17) is 9.84 Å². The summed E-state index contributed by atoms with van der Waals surface area (Å²) in [6.07, 6.45) is -2.50. The minimum Gasteiger partial charge on any atom is -0.481 e. The van der Waals surface area contributed by atoms with Crippen molar-refractivity contribution in [3.05, 3.63) is 53.1 Å². The van der Waals surface area contributed by atoms with Crippen LogP contribution in [0.25, 0.3) is 0 Å². The van der Waals surface area contributed by atoms with Crippen molar-refractivity contribution < 1.29 is 41.3 Å². The molecule has 0 spiro atoms. The Labute approximate surface area is 162 Å². The number of aliphatic carboxylic acids is 1. The summed E-state index contributed by atoms with van der Waals surface area (Å²) in [5, 5.41) is 9.04.